The van der Waals surface area contributed by atoms with Crippen LogP contribution in [0.5, 0.6) is 0 Å². The number of nitrogens with one attached hydrogen (secondary N) is 1. The third kappa shape index (κ3) is 4.80. The van der Waals surface area contributed by atoms with Crippen molar-refractivity contribution in [3.8, 4) is 0 Å². The molecule has 0 bridgehead atoms. The highest BCUT2D eigenvalue weighted by atomic mass is 35.5. The maximum absolute atomic E-state index is 12.2. The SMILES string of the molecule is CCc1ccc(NC(=O)[C@@H](C)OC(=O)c2ccc([N+](=O)[O-])cc2Cl)cc1. The van der Waals surface area contributed by atoms with Gasteiger partial charge in [0.05, 0.1) is 15.5 Å². The average molecular weight is 377 g/mol. The van der Waals surface area contributed by atoms with Crippen molar-refractivity contribution in [3.63, 3.8) is 0 Å². The molecule has 0 unspecified atom stereocenters. The monoisotopic (exact) mass is 376 g/mol. The molecule has 136 valence electrons. The van der Waals surface area contributed by atoms with E-state index in [4.69, 9.17) is 16.3 Å². The standard InChI is InChI=1S/C18H17ClN2O5/c1-3-12-4-6-13(7-5-12)20-17(22)11(2)26-18(23)15-9-8-14(21(24)25)10-16(15)19/h4-11H,3H2,1-2H3,(H,20,22)/t11-/m1/s1. The minimum atomic E-state index is -1.07. The van der Waals surface area contributed by atoms with Crippen LogP contribution in [-0.2, 0) is 16.0 Å². The molecule has 2 aromatic carbocycles. The molecule has 0 aliphatic carbocycles. The van der Waals surface area contributed by atoms with Crippen LogP contribution in [0.15, 0.2) is 42.5 Å². The van der Waals surface area contributed by atoms with Gasteiger partial charge in [-0.05, 0) is 37.1 Å². The highest BCUT2D eigenvalue weighted by Gasteiger charge is 2.22. The summed E-state index contributed by atoms with van der Waals surface area (Å²) < 4.78 is 5.09. The fraction of sp³-hybridized carbons (Fsp3) is 0.222. The Hall–Kier alpha value is -2.93. The van der Waals surface area contributed by atoms with Gasteiger partial charge in [0.1, 0.15) is 0 Å². The van der Waals surface area contributed by atoms with E-state index in [-0.39, 0.29) is 16.3 Å². The fourth-order valence-electron chi connectivity index (χ4n) is 2.13. The van der Waals surface area contributed by atoms with Crippen LogP contribution in [0, 0.1) is 10.1 Å². The lowest BCUT2D eigenvalue weighted by Crippen LogP contribution is -2.30. The first-order valence-electron chi connectivity index (χ1n) is 7.86. The zero-order valence-electron chi connectivity index (χ0n) is 14.2. The molecule has 0 aliphatic heterocycles. The number of hydrogen-bond acceptors (Lipinski definition) is 5. The van der Waals surface area contributed by atoms with E-state index < -0.39 is 22.9 Å². The number of rotatable bonds is 6. The van der Waals surface area contributed by atoms with Crippen molar-refractivity contribution in [2.45, 2.75) is 26.4 Å². The molecule has 0 spiro atoms. The molecule has 0 aliphatic rings. The molecule has 2 rings (SSSR count). The first kappa shape index (κ1) is 19.4. The number of amides is 1. The normalized spacial score (nSPS) is 11.5. The number of esters is 1. The summed E-state index contributed by atoms with van der Waals surface area (Å²) in [5, 5.41) is 13.2. The summed E-state index contributed by atoms with van der Waals surface area (Å²) in [5.41, 5.74) is 1.43. The lowest BCUT2D eigenvalue weighted by atomic mass is 10.1. The van der Waals surface area contributed by atoms with Gasteiger partial charge in [0.25, 0.3) is 11.6 Å². The Morgan fingerprint density at radius 1 is 1.23 bits per heavy atom. The lowest BCUT2D eigenvalue weighted by molar-refractivity contribution is -0.384. The Labute approximate surface area is 155 Å². The van der Waals surface area contributed by atoms with Crippen molar-refractivity contribution in [2.24, 2.45) is 0 Å². The Bertz CT molecular complexity index is 836. The van der Waals surface area contributed by atoms with Crippen molar-refractivity contribution in [1.82, 2.24) is 0 Å². The molecule has 0 fully saturated rings. The van der Waals surface area contributed by atoms with E-state index in [9.17, 15) is 19.7 Å². The van der Waals surface area contributed by atoms with E-state index in [1.807, 2.05) is 19.1 Å². The molecule has 7 nitrogen and oxygen atoms in total. The van der Waals surface area contributed by atoms with Crippen molar-refractivity contribution < 1.29 is 19.2 Å². The second kappa shape index (κ2) is 8.44. The minimum Gasteiger partial charge on any atom is -0.449 e. The van der Waals surface area contributed by atoms with E-state index in [1.165, 1.54) is 13.0 Å². The van der Waals surface area contributed by atoms with Crippen LogP contribution in [0.1, 0.15) is 29.8 Å². The molecule has 8 heteroatoms. The van der Waals surface area contributed by atoms with Gasteiger partial charge < -0.3 is 10.1 Å². The average Bonchev–Trinajstić information content (AvgIpc) is 2.61. The zero-order chi connectivity index (χ0) is 19.3. The number of ether oxygens (including phenoxy) is 1. The summed E-state index contributed by atoms with van der Waals surface area (Å²) in [6, 6.07) is 10.7. The number of halogens is 1. The van der Waals surface area contributed by atoms with Gasteiger partial charge in [-0.15, -0.1) is 0 Å². The number of anilines is 1. The predicted octanol–water partition coefficient (Wildman–Crippen LogP) is 3.99. The van der Waals surface area contributed by atoms with Crippen LogP contribution in [0.3, 0.4) is 0 Å². The Morgan fingerprint density at radius 2 is 1.88 bits per heavy atom. The molecular weight excluding hydrogens is 360 g/mol. The topological polar surface area (TPSA) is 98.5 Å². The number of hydrogen-bond donors (Lipinski definition) is 1. The number of carbonyl (C=O) groups excluding carboxylic acids is 2. The van der Waals surface area contributed by atoms with E-state index >= 15 is 0 Å². The van der Waals surface area contributed by atoms with Crippen LogP contribution in [0.4, 0.5) is 11.4 Å². The molecule has 1 amide bonds. The molecule has 0 saturated carbocycles. The number of nitro groups is 1. The molecule has 2 aromatic rings. The van der Waals surface area contributed by atoms with Crippen LogP contribution in [0.25, 0.3) is 0 Å². The van der Waals surface area contributed by atoms with Gasteiger partial charge in [-0.25, -0.2) is 4.79 Å². The predicted molar refractivity (Wildman–Crippen MR) is 97.4 cm³/mol. The summed E-state index contributed by atoms with van der Waals surface area (Å²) >= 11 is 5.88. The molecule has 0 saturated heterocycles. The third-order valence-corrected chi connectivity index (χ3v) is 3.98. The maximum atomic E-state index is 12.2. The lowest BCUT2D eigenvalue weighted by Gasteiger charge is -2.14. The van der Waals surface area contributed by atoms with Gasteiger partial charge in [-0.3, -0.25) is 14.9 Å². The van der Waals surface area contributed by atoms with Crippen LogP contribution in [-0.4, -0.2) is 22.9 Å². The van der Waals surface area contributed by atoms with E-state index in [0.717, 1.165) is 24.1 Å². The highest BCUT2D eigenvalue weighted by molar-refractivity contribution is 6.33. The van der Waals surface area contributed by atoms with Crippen molar-refractivity contribution in [3.05, 3.63) is 68.7 Å². The zero-order valence-corrected chi connectivity index (χ0v) is 14.9. The molecule has 0 heterocycles. The van der Waals surface area contributed by atoms with Crippen molar-refractivity contribution in [2.75, 3.05) is 5.32 Å². The number of benzene rings is 2. The minimum absolute atomic E-state index is 0.0517. The van der Waals surface area contributed by atoms with Crippen LogP contribution in [0.2, 0.25) is 5.02 Å². The number of nitrogens with zero attached hydrogens (tertiary/aromatic N) is 1. The molecule has 1 atom stereocenters. The van der Waals surface area contributed by atoms with Crippen LogP contribution >= 0.6 is 11.6 Å². The Kier molecular flexibility index (Phi) is 6.30. The quantitative estimate of drug-likeness (QED) is 0.466. The summed E-state index contributed by atoms with van der Waals surface area (Å²) in [6.07, 6.45) is -0.183. The van der Waals surface area contributed by atoms with Crippen LogP contribution < -0.4 is 5.32 Å². The Balaban J connectivity index is 2.01. The first-order valence-corrected chi connectivity index (χ1v) is 8.24. The second-order valence-electron chi connectivity index (χ2n) is 5.51. The van der Waals surface area contributed by atoms with E-state index in [1.54, 1.807) is 12.1 Å². The molecule has 0 radical (unpaired) electrons. The first-order chi connectivity index (χ1) is 12.3. The maximum Gasteiger partial charge on any atom is 0.340 e. The van der Waals surface area contributed by atoms with Gasteiger partial charge in [-0.1, -0.05) is 30.7 Å². The van der Waals surface area contributed by atoms with E-state index in [2.05, 4.69) is 5.32 Å². The number of non-ortho nitro benzene ring substituents is 1. The fourth-order valence-corrected chi connectivity index (χ4v) is 2.38. The van der Waals surface area contributed by atoms with Crippen molar-refractivity contribution in [1.29, 1.82) is 0 Å². The van der Waals surface area contributed by atoms with Gasteiger partial charge in [0.2, 0.25) is 0 Å². The van der Waals surface area contributed by atoms with Gasteiger partial charge in [-0.2, -0.15) is 0 Å². The highest BCUT2D eigenvalue weighted by Crippen LogP contribution is 2.23. The molecular formula is C18H17ClN2O5. The van der Waals surface area contributed by atoms with E-state index in [0.29, 0.717) is 5.69 Å². The number of nitro benzene ring substituents is 1. The molecule has 1 N–H and O–H groups in total. The Morgan fingerprint density at radius 3 is 2.42 bits per heavy atom. The largest absolute Gasteiger partial charge is 0.449 e. The second-order valence-corrected chi connectivity index (χ2v) is 5.92. The summed E-state index contributed by atoms with van der Waals surface area (Å²) in [5.74, 6) is -1.34. The van der Waals surface area contributed by atoms with Gasteiger partial charge >= 0.3 is 5.97 Å². The van der Waals surface area contributed by atoms with Gasteiger partial charge in [0.15, 0.2) is 6.10 Å². The molecule has 26 heavy (non-hydrogen) atoms. The third-order valence-electron chi connectivity index (χ3n) is 3.67. The number of aryl methyl sites for hydroxylation is 1. The van der Waals surface area contributed by atoms with Gasteiger partial charge in [0, 0.05) is 17.8 Å². The summed E-state index contributed by atoms with van der Waals surface area (Å²) in [6.45, 7) is 3.45. The van der Waals surface area contributed by atoms with Crippen molar-refractivity contribution >= 4 is 34.9 Å². The summed E-state index contributed by atoms with van der Waals surface area (Å²) in [4.78, 5) is 34.4. The summed E-state index contributed by atoms with van der Waals surface area (Å²) in [7, 11) is 0. The number of carbonyl (C=O) groups is 2. The smallest absolute Gasteiger partial charge is 0.340 e. The molecule has 0 aromatic heterocycles.